The Bertz CT molecular complexity index is 1460. The van der Waals surface area contributed by atoms with Gasteiger partial charge >= 0.3 is 0 Å². The van der Waals surface area contributed by atoms with Crippen molar-refractivity contribution in [3.8, 4) is 28.8 Å². The van der Waals surface area contributed by atoms with E-state index in [9.17, 15) is 14.9 Å². The Morgan fingerprint density at radius 3 is 2.45 bits per heavy atom. The lowest BCUT2D eigenvalue weighted by Gasteiger charge is -2.27. The minimum atomic E-state index is -0.519. The van der Waals surface area contributed by atoms with E-state index in [0.717, 1.165) is 41.8 Å². The number of aryl methyl sites for hydroxylation is 1. The van der Waals surface area contributed by atoms with E-state index in [4.69, 9.17) is 9.84 Å². The van der Waals surface area contributed by atoms with Crippen molar-refractivity contribution in [3.63, 3.8) is 0 Å². The topological polar surface area (TPSA) is 88.2 Å². The highest BCUT2D eigenvalue weighted by atomic mass is 16.5. The van der Waals surface area contributed by atoms with Gasteiger partial charge < -0.3 is 4.74 Å². The number of nitriles is 1. The third-order valence-electron chi connectivity index (χ3n) is 6.81. The first kappa shape index (κ1) is 26.6. The smallest absolute Gasteiger partial charge is 0.271 e. The van der Waals surface area contributed by atoms with E-state index >= 15 is 0 Å². The lowest BCUT2D eigenvalue weighted by Crippen LogP contribution is -2.43. The van der Waals surface area contributed by atoms with Crippen molar-refractivity contribution in [2.45, 2.75) is 46.5 Å². The Balaban J connectivity index is 1.85. The van der Waals surface area contributed by atoms with Crippen molar-refractivity contribution in [3.05, 3.63) is 82.6 Å². The Labute approximate surface area is 223 Å². The number of rotatable bonds is 9. The number of unbranched alkanes of at least 4 members (excludes halogenated alkanes) is 3. The van der Waals surface area contributed by atoms with Gasteiger partial charge in [0, 0.05) is 29.4 Å². The molecule has 4 rings (SSSR count). The molecule has 194 valence electrons. The Morgan fingerprint density at radius 2 is 1.79 bits per heavy atom. The summed E-state index contributed by atoms with van der Waals surface area (Å²) in [6.45, 7) is 6.04. The molecule has 0 saturated carbocycles. The summed E-state index contributed by atoms with van der Waals surface area (Å²) >= 11 is 0. The first-order chi connectivity index (χ1) is 18.4. The predicted octanol–water partition coefficient (Wildman–Crippen LogP) is 6.03. The molecule has 1 aliphatic heterocycles. The molecule has 7 nitrogen and oxygen atoms in total. The number of benzene rings is 2. The summed E-state index contributed by atoms with van der Waals surface area (Å²) < 4.78 is 7.15. The average Bonchev–Trinajstić information content (AvgIpc) is 3.35. The fourth-order valence-electron chi connectivity index (χ4n) is 4.63. The van der Waals surface area contributed by atoms with Crippen LogP contribution in [0.4, 0.5) is 0 Å². The average molecular weight is 509 g/mol. The van der Waals surface area contributed by atoms with Crippen molar-refractivity contribution < 1.29 is 14.3 Å². The van der Waals surface area contributed by atoms with E-state index in [0.29, 0.717) is 35.4 Å². The number of para-hydroxylation sites is 1. The standard InChI is InChI=1S/C31H32N4O3/c1-5-6-7-11-16-34-30(36)27(22(3)28(19-32)31(34)37)18-23-20-35(24-12-9-8-10-13-24)33-29(23)26-15-14-25(38-4)17-21(26)2/h8-10,12-15,17-18,20H,5-7,11,16H2,1-4H3/b27-18+. The van der Waals surface area contributed by atoms with Crippen LogP contribution in [-0.2, 0) is 9.59 Å². The zero-order valence-electron chi connectivity index (χ0n) is 22.3. The lowest BCUT2D eigenvalue weighted by atomic mass is 9.92. The van der Waals surface area contributed by atoms with Crippen molar-refractivity contribution in [2.24, 2.45) is 0 Å². The minimum Gasteiger partial charge on any atom is -0.497 e. The SMILES string of the molecule is CCCCCCN1C(=O)C(C#N)=C(C)/C(=C\c2cn(-c3ccccc3)nc2-c2ccc(OC)cc2C)C1=O. The third-order valence-corrected chi connectivity index (χ3v) is 6.81. The maximum atomic E-state index is 13.6. The second-order valence-electron chi connectivity index (χ2n) is 9.39. The number of carbonyl (C=O) groups excluding carboxylic acids is 2. The number of aromatic nitrogens is 2. The van der Waals surface area contributed by atoms with Crippen LogP contribution in [-0.4, -0.2) is 40.1 Å². The molecule has 0 saturated heterocycles. The van der Waals surface area contributed by atoms with Crippen molar-refractivity contribution in [1.29, 1.82) is 5.26 Å². The normalized spacial score (nSPS) is 14.8. The molecule has 38 heavy (non-hydrogen) atoms. The lowest BCUT2D eigenvalue weighted by molar-refractivity contribution is -0.140. The van der Waals surface area contributed by atoms with Crippen LogP contribution in [0.5, 0.6) is 5.75 Å². The van der Waals surface area contributed by atoms with E-state index in [2.05, 4.69) is 6.92 Å². The molecule has 0 unspecified atom stereocenters. The van der Waals surface area contributed by atoms with Gasteiger partial charge in [-0.25, -0.2) is 4.68 Å². The van der Waals surface area contributed by atoms with Gasteiger partial charge in [-0.05, 0) is 67.8 Å². The molecule has 0 N–H and O–H groups in total. The maximum absolute atomic E-state index is 13.6. The number of ether oxygens (including phenoxy) is 1. The summed E-state index contributed by atoms with van der Waals surface area (Å²) in [6, 6.07) is 17.5. The van der Waals surface area contributed by atoms with Gasteiger partial charge in [0.15, 0.2) is 0 Å². The number of methoxy groups -OCH3 is 1. The number of nitrogens with zero attached hydrogens (tertiary/aromatic N) is 4. The fourth-order valence-corrected chi connectivity index (χ4v) is 4.63. The molecule has 0 bridgehead atoms. The molecular formula is C31H32N4O3. The molecular weight excluding hydrogens is 476 g/mol. The van der Waals surface area contributed by atoms with E-state index in [-0.39, 0.29) is 11.5 Å². The first-order valence-corrected chi connectivity index (χ1v) is 12.9. The van der Waals surface area contributed by atoms with Crippen LogP contribution in [0.15, 0.2) is 71.4 Å². The largest absolute Gasteiger partial charge is 0.497 e. The molecule has 0 spiro atoms. The summed E-state index contributed by atoms with van der Waals surface area (Å²) in [5.41, 5.74) is 4.85. The van der Waals surface area contributed by atoms with Gasteiger partial charge in [-0.3, -0.25) is 14.5 Å². The van der Waals surface area contributed by atoms with Gasteiger partial charge in [-0.1, -0.05) is 44.4 Å². The molecule has 0 aliphatic carbocycles. The molecule has 0 fully saturated rings. The van der Waals surface area contributed by atoms with Gasteiger partial charge in [-0.15, -0.1) is 0 Å². The monoisotopic (exact) mass is 508 g/mol. The van der Waals surface area contributed by atoms with Crippen molar-refractivity contribution in [1.82, 2.24) is 14.7 Å². The Morgan fingerprint density at radius 1 is 1.03 bits per heavy atom. The molecule has 7 heteroatoms. The molecule has 2 aromatic carbocycles. The van der Waals surface area contributed by atoms with Crippen LogP contribution >= 0.6 is 0 Å². The number of imide groups is 1. The van der Waals surface area contributed by atoms with Gasteiger partial charge in [-0.2, -0.15) is 10.4 Å². The van der Waals surface area contributed by atoms with Crippen LogP contribution in [0.1, 0.15) is 50.7 Å². The molecule has 0 radical (unpaired) electrons. The van der Waals surface area contributed by atoms with Crippen molar-refractivity contribution >= 4 is 17.9 Å². The molecule has 2 heterocycles. The van der Waals surface area contributed by atoms with Crippen LogP contribution < -0.4 is 4.74 Å². The molecule has 3 aromatic rings. The second-order valence-corrected chi connectivity index (χ2v) is 9.39. The highest BCUT2D eigenvalue weighted by Crippen LogP contribution is 2.33. The highest BCUT2D eigenvalue weighted by Gasteiger charge is 2.35. The van der Waals surface area contributed by atoms with Gasteiger partial charge in [0.2, 0.25) is 0 Å². The predicted molar refractivity (Wildman–Crippen MR) is 147 cm³/mol. The molecule has 1 aliphatic rings. The molecule has 0 atom stereocenters. The summed E-state index contributed by atoms with van der Waals surface area (Å²) in [7, 11) is 1.63. The van der Waals surface area contributed by atoms with Gasteiger partial charge in [0.1, 0.15) is 23.1 Å². The van der Waals surface area contributed by atoms with E-state index < -0.39 is 5.91 Å². The zero-order valence-corrected chi connectivity index (χ0v) is 22.3. The zero-order chi connectivity index (χ0) is 27.2. The first-order valence-electron chi connectivity index (χ1n) is 12.9. The second kappa shape index (κ2) is 11.7. The summed E-state index contributed by atoms with van der Waals surface area (Å²) in [5, 5.41) is 14.7. The third kappa shape index (κ3) is 5.30. The van der Waals surface area contributed by atoms with Crippen LogP contribution in [0, 0.1) is 18.3 Å². The highest BCUT2D eigenvalue weighted by molar-refractivity contribution is 6.19. The summed E-state index contributed by atoms with van der Waals surface area (Å²) in [6.07, 6.45) is 7.33. The Kier molecular flexibility index (Phi) is 8.22. The fraction of sp³-hybridized carbons (Fsp3) is 0.290. The number of amides is 2. The molecule has 1 aromatic heterocycles. The van der Waals surface area contributed by atoms with Crippen molar-refractivity contribution in [2.75, 3.05) is 13.7 Å². The number of carbonyl (C=O) groups is 2. The van der Waals surface area contributed by atoms with Gasteiger partial charge in [0.05, 0.1) is 12.8 Å². The summed E-state index contributed by atoms with van der Waals surface area (Å²) in [4.78, 5) is 27.8. The maximum Gasteiger partial charge on any atom is 0.271 e. The van der Waals surface area contributed by atoms with E-state index in [1.54, 1.807) is 24.8 Å². The minimum absolute atomic E-state index is 0.00368. The Hall–Kier alpha value is -4.44. The molecule has 2 amide bonds. The summed E-state index contributed by atoms with van der Waals surface area (Å²) in [5.74, 6) is -0.159. The number of hydrogen-bond acceptors (Lipinski definition) is 5. The van der Waals surface area contributed by atoms with E-state index in [1.807, 2.05) is 67.7 Å². The van der Waals surface area contributed by atoms with Crippen LogP contribution in [0.2, 0.25) is 0 Å². The van der Waals surface area contributed by atoms with Crippen LogP contribution in [0.3, 0.4) is 0 Å². The van der Waals surface area contributed by atoms with Crippen LogP contribution in [0.25, 0.3) is 23.0 Å². The number of hydrogen-bond donors (Lipinski definition) is 0. The van der Waals surface area contributed by atoms with Gasteiger partial charge in [0.25, 0.3) is 11.8 Å². The van der Waals surface area contributed by atoms with E-state index in [1.165, 1.54) is 4.90 Å². The quantitative estimate of drug-likeness (QED) is 0.200.